The van der Waals surface area contributed by atoms with E-state index in [0.717, 1.165) is 6.54 Å². The van der Waals surface area contributed by atoms with Crippen LogP contribution in [0.5, 0.6) is 0 Å². The minimum Gasteiger partial charge on any atom is -0.304 e. The third-order valence-electron chi connectivity index (χ3n) is 2.74. The van der Waals surface area contributed by atoms with Crippen LogP contribution in [-0.2, 0) is 4.79 Å². The lowest BCUT2D eigenvalue weighted by atomic mass is 9.91. The molecule has 0 atom stereocenters. The molecule has 1 aliphatic heterocycles. The predicted octanol–water partition coefficient (Wildman–Crippen LogP) is 1.55. The number of carbonyl (C=O) groups excluding carboxylic acids is 1. The molecular weight excluding hydrogens is 176 g/mol. The molecule has 13 heavy (non-hydrogen) atoms. The Labute approximate surface area is 76.9 Å². The second-order valence-electron chi connectivity index (χ2n) is 3.50. The Morgan fingerprint density at radius 2 is 2.00 bits per heavy atom. The second-order valence-corrected chi connectivity index (χ2v) is 3.50. The number of rotatable bonds is 3. The second kappa shape index (κ2) is 4.13. The van der Waals surface area contributed by atoms with E-state index in [1.165, 1.54) is 0 Å². The number of alkyl halides is 2. The van der Waals surface area contributed by atoms with Crippen molar-refractivity contribution in [2.45, 2.75) is 25.7 Å². The van der Waals surface area contributed by atoms with E-state index >= 15 is 0 Å². The topological polar surface area (TPSA) is 20.3 Å². The first kappa shape index (κ1) is 10.6. The molecule has 76 valence electrons. The summed E-state index contributed by atoms with van der Waals surface area (Å²) >= 11 is 0. The van der Waals surface area contributed by atoms with Crippen molar-refractivity contribution in [3.8, 4) is 0 Å². The number of hydrogen-bond donors (Lipinski definition) is 0. The maximum Gasteiger partial charge on any atom is 0.305 e. The van der Waals surface area contributed by atoms with Crippen molar-refractivity contribution in [1.82, 2.24) is 4.90 Å². The molecule has 0 aliphatic carbocycles. The van der Waals surface area contributed by atoms with Crippen LogP contribution in [-0.4, -0.2) is 36.7 Å². The van der Waals surface area contributed by atoms with E-state index < -0.39 is 11.8 Å². The fraction of sp³-hybridized carbons (Fsp3) is 0.889. The molecule has 0 N–H and O–H groups in total. The molecule has 0 spiro atoms. The predicted molar refractivity (Wildman–Crippen MR) is 45.8 cm³/mol. The van der Waals surface area contributed by atoms with E-state index in [1.54, 1.807) is 0 Å². The van der Waals surface area contributed by atoms with Gasteiger partial charge < -0.3 is 4.90 Å². The summed E-state index contributed by atoms with van der Waals surface area (Å²) in [5.41, 5.74) is 0. The smallest absolute Gasteiger partial charge is 0.304 e. The van der Waals surface area contributed by atoms with Crippen molar-refractivity contribution >= 4 is 6.29 Å². The zero-order chi connectivity index (χ0) is 9.90. The molecule has 0 amide bonds. The zero-order valence-corrected chi connectivity index (χ0v) is 7.80. The van der Waals surface area contributed by atoms with Gasteiger partial charge in [0.25, 0.3) is 0 Å². The van der Waals surface area contributed by atoms with E-state index in [4.69, 9.17) is 0 Å². The largest absolute Gasteiger partial charge is 0.305 e. The van der Waals surface area contributed by atoms with Gasteiger partial charge in [0.15, 0.2) is 6.29 Å². The summed E-state index contributed by atoms with van der Waals surface area (Å²) in [4.78, 5) is 12.2. The number of nitrogens with zero attached hydrogens (tertiary/aromatic N) is 1. The van der Waals surface area contributed by atoms with Crippen LogP contribution in [0.2, 0.25) is 0 Å². The highest BCUT2D eigenvalue weighted by Crippen LogP contribution is 2.31. The number of piperidine rings is 1. The van der Waals surface area contributed by atoms with Gasteiger partial charge in [0.2, 0.25) is 0 Å². The molecule has 1 saturated heterocycles. The van der Waals surface area contributed by atoms with E-state index in [1.807, 2.05) is 6.92 Å². The fourth-order valence-corrected chi connectivity index (χ4v) is 1.73. The standard InChI is InChI=1S/C9H15F2NO/c1-2-12-5-3-8(4-6-12)9(10,11)7-13/h7-8H,2-6H2,1H3. The molecule has 0 aromatic heterocycles. The highest BCUT2D eigenvalue weighted by Gasteiger charge is 2.40. The van der Waals surface area contributed by atoms with Crippen LogP contribution in [0, 0.1) is 5.92 Å². The number of likely N-dealkylation sites (tertiary alicyclic amines) is 1. The minimum atomic E-state index is -3.11. The summed E-state index contributed by atoms with van der Waals surface area (Å²) in [6.45, 7) is 4.28. The van der Waals surface area contributed by atoms with Gasteiger partial charge in [-0.05, 0) is 32.5 Å². The molecule has 1 rings (SSSR count). The molecule has 0 radical (unpaired) electrons. The van der Waals surface area contributed by atoms with Crippen LogP contribution < -0.4 is 0 Å². The number of halogens is 2. The van der Waals surface area contributed by atoms with Gasteiger partial charge in [0.05, 0.1) is 0 Å². The molecule has 0 aromatic carbocycles. The van der Waals surface area contributed by atoms with Gasteiger partial charge in [-0.2, -0.15) is 8.78 Å². The first-order valence-corrected chi connectivity index (χ1v) is 4.66. The Balaban J connectivity index is 2.45. The van der Waals surface area contributed by atoms with Crippen LogP contribution >= 0.6 is 0 Å². The van der Waals surface area contributed by atoms with Gasteiger partial charge in [0, 0.05) is 5.92 Å². The average Bonchev–Trinajstić information content (AvgIpc) is 2.18. The maximum absolute atomic E-state index is 12.9. The van der Waals surface area contributed by atoms with Crippen LogP contribution in [0.15, 0.2) is 0 Å². The van der Waals surface area contributed by atoms with Gasteiger partial charge in [-0.25, -0.2) is 0 Å². The number of hydrogen-bond acceptors (Lipinski definition) is 2. The number of aldehydes is 1. The van der Waals surface area contributed by atoms with Crippen molar-refractivity contribution < 1.29 is 13.6 Å². The Kier molecular flexibility index (Phi) is 3.36. The molecule has 0 saturated carbocycles. The quantitative estimate of drug-likeness (QED) is 0.631. The Bertz CT molecular complexity index is 176. The molecular formula is C9H15F2NO. The highest BCUT2D eigenvalue weighted by atomic mass is 19.3. The Hall–Kier alpha value is -0.510. The third kappa shape index (κ3) is 2.46. The zero-order valence-electron chi connectivity index (χ0n) is 7.80. The van der Waals surface area contributed by atoms with E-state index in [-0.39, 0.29) is 6.29 Å². The van der Waals surface area contributed by atoms with Crippen molar-refractivity contribution in [1.29, 1.82) is 0 Å². The lowest BCUT2D eigenvalue weighted by Gasteiger charge is -2.33. The minimum absolute atomic E-state index is 0.209. The first-order chi connectivity index (χ1) is 6.10. The van der Waals surface area contributed by atoms with Crippen LogP contribution in [0.1, 0.15) is 19.8 Å². The summed E-state index contributed by atoms with van der Waals surface area (Å²) in [5, 5.41) is 0. The molecule has 4 heteroatoms. The highest BCUT2D eigenvalue weighted by molar-refractivity contribution is 5.60. The van der Waals surface area contributed by atoms with Gasteiger partial charge in [-0.3, -0.25) is 4.79 Å². The van der Waals surface area contributed by atoms with E-state index in [2.05, 4.69) is 4.90 Å². The summed E-state index contributed by atoms with van der Waals surface area (Å²) in [7, 11) is 0. The third-order valence-corrected chi connectivity index (χ3v) is 2.74. The molecule has 1 fully saturated rings. The Morgan fingerprint density at radius 3 is 2.38 bits per heavy atom. The van der Waals surface area contributed by atoms with Crippen molar-refractivity contribution in [3.63, 3.8) is 0 Å². The maximum atomic E-state index is 12.9. The van der Waals surface area contributed by atoms with Gasteiger partial charge in [-0.1, -0.05) is 6.92 Å². The van der Waals surface area contributed by atoms with Crippen LogP contribution in [0.25, 0.3) is 0 Å². The van der Waals surface area contributed by atoms with Crippen LogP contribution in [0.4, 0.5) is 8.78 Å². The van der Waals surface area contributed by atoms with E-state index in [0.29, 0.717) is 25.9 Å². The molecule has 0 aromatic rings. The fourth-order valence-electron chi connectivity index (χ4n) is 1.73. The van der Waals surface area contributed by atoms with Crippen molar-refractivity contribution in [3.05, 3.63) is 0 Å². The SMILES string of the molecule is CCN1CCC(C(F)(F)C=O)CC1. The average molecular weight is 191 g/mol. The summed E-state index contributed by atoms with van der Waals surface area (Å²) in [6.07, 6.45) is 0.651. The van der Waals surface area contributed by atoms with Gasteiger partial charge in [-0.15, -0.1) is 0 Å². The molecule has 1 aliphatic rings. The molecule has 0 unspecified atom stereocenters. The summed E-state index contributed by atoms with van der Waals surface area (Å²) < 4.78 is 25.8. The lowest BCUT2D eigenvalue weighted by molar-refractivity contribution is -0.140. The monoisotopic (exact) mass is 191 g/mol. The molecule has 0 bridgehead atoms. The van der Waals surface area contributed by atoms with Crippen molar-refractivity contribution in [2.75, 3.05) is 19.6 Å². The summed E-state index contributed by atoms with van der Waals surface area (Å²) in [6, 6.07) is 0. The van der Waals surface area contributed by atoms with Crippen LogP contribution in [0.3, 0.4) is 0 Å². The normalized spacial score (nSPS) is 21.8. The molecule has 1 heterocycles. The summed E-state index contributed by atoms with van der Waals surface area (Å²) in [5.74, 6) is -3.85. The van der Waals surface area contributed by atoms with E-state index in [9.17, 15) is 13.6 Å². The number of carbonyl (C=O) groups is 1. The Morgan fingerprint density at radius 1 is 1.46 bits per heavy atom. The van der Waals surface area contributed by atoms with Crippen molar-refractivity contribution in [2.24, 2.45) is 5.92 Å². The van der Waals surface area contributed by atoms with Gasteiger partial charge in [0.1, 0.15) is 0 Å². The lowest BCUT2D eigenvalue weighted by Crippen LogP contribution is -2.41. The molecule has 2 nitrogen and oxygen atoms in total. The first-order valence-electron chi connectivity index (χ1n) is 4.66. The van der Waals surface area contributed by atoms with Gasteiger partial charge >= 0.3 is 5.92 Å².